The van der Waals surface area contributed by atoms with Crippen LogP contribution >= 0.6 is 0 Å². The van der Waals surface area contributed by atoms with Crippen molar-refractivity contribution in [1.82, 2.24) is 5.32 Å². The number of benzene rings is 1. The lowest BCUT2D eigenvalue weighted by Crippen LogP contribution is -2.45. The van der Waals surface area contributed by atoms with Crippen LogP contribution in [0, 0.1) is 5.92 Å². The highest BCUT2D eigenvalue weighted by molar-refractivity contribution is 6.04. The number of hydrogen-bond acceptors (Lipinski definition) is 4. The fourth-order valence-corrected chi connectivity index (χ4v) is 3.33. The Kier molecular flexibility index (Phi) is 4.52. The van der Waals surface area contributed by atoms with E-state index < -0.39 is 6.10 Å². The summed E-state index contributed by atoms with van der Waals surface area (Å²) in [5.74, 6) is 0.394. The monoisotopic (exact) mass is 317 g/mol. The average molecular weight is 317 g/mol. The predicted molar refractivity (Wildman–Crippen MR) is 87.4 cm³/mol. The molecule has 2 amide bonds. The third-order valence-electron chi connectivity index (χ3n) is 4.71. The molecule has 1 aromatic rings. The largest absolute Gasteiger partial charge is 0.478 e. The number of carbonyl (C=O) groups is 2. The summed E-state index contributed by atoms with van der Waals surface area (Å²) in [6.45, 7) is 2.25. The van der Waals surface area contributed by atoms with Gasteiger partial charge in [-0.2, -0.15) is 0 Å². The van der Waals surface area contributed by atoms with Crippen LogP contribution in [-0.2, 0) is 4.79 Å². The first-order valence-electron chi connectivity index (χ1n) is 8.21. The van der Waals surface area contributed by atoms with Crippen LogP contribution in [0.5, 0.6) is 5.75 Å². The predicted octanol–water partition coefficient (Wildman–Crippen LogP) is 1.65. The molecule has 1 heterocycles. The number of rotatable bonds is 3. The van der Waals surface area contributed by atoms with Crippen LogP contribution < -0.4 is 21.1 Å². The van der Waals surface area contributed by atoms with E-state index in [2.05, 4.69) is 10.6 Å². The van der Waals surface area contributed by atoms with Crippen molar-refractivity contribution in [3.63, 3.8) is 0 Å². The van der Waals surface area contributed by atoms with Gasteiger partial charge in [-0.3, -0.25) is 9.59 Å². The first-order valence-corrected chi connectivity index (χ1v) is 8.21. The summed E-state index contributed by atoms with van der Waals surface area (Å²) in [5.41, 5.74) is 6.82. The molecule has 23 heavy (non-hydrogen) atoms. The lowest BCUT2D eigenvalue weighted by Gasteiger charge is -2.32. The Morgan fingerprint density at radius 3 is 2.96 bits per heavy atom. The maximum absolute atomic E-state index is 12.7. The molecule has 2 aliphatic rings. The summed E-state index contributed by atoms with van der Waals surface area (Å²) in [4.78, 5) is 24.4. The second-order valence-corrected chi connectivity index (χ2v) is 6.29. The van der Waals surface area contributed by atoms with Crippen molar-refractivity contribution in [3.8, 4) is 5.75 Å². The molecule has 0 saturated heterocycles. The maximum Gasteiger partial charge on any atom is 0.265 e. The molecule has 3 rings (SSSR count). The fourth-order valence-electron chi connectivity index (χ4n) is 3.33. The van der Waals surface area contributed by atoms with Gasteiger partial charge in [0.1, 0.15) is 0 Å². The van der Waals surface area contributed by atoms with Gasteiger partial charge < -0.3 is 21.1 Å². The minimum atomic E-state index is -0.608. The van der Waals surface area contributed by atoms with Crippen molar-refractivity contribution in [2.75, 3.05) is 11.9 Å². The van der Waals surface area contributed by atoms with Gasteiger partial charge in [0.15, 0.2) is 11.9 Å². The van der Waals surface area contributed by atoms with Gasteiger partial charge in [-0.05, 0) is 44.4 Å². The van der Waals surface area contributed by atoms with Crippen molar-refractivity contribution < 1.29 is 14.3 Å². The average Bonchev–Trinajstić information content (AvgIpc) is 2.56. The van der Waals surface area contributed by atoms with Crippen molar-refractivity contribution >= 4 is 17.5 Å². The Bertz CT molecular complexity index is 617. The molecule has 1 saturated carbocycles. The van der Waals surface area contributed by atoms with Gasteiger partial charge in [-0.1, -0.05) is 18.9 Å². The summed E-state index contributed by atoms with van der Waals surface area (Å²) in [6, 6.07) is 5.31. The highest BCUT2D eigenvalue weighted by Gasteiger charge is 2.30. The second-order valence-electron chi connectivity index (χ2n) is 6.29. The highest BCUT2D eigenvalue weighted by atomic mass is 16.5. The lowest BCUT2D eigenvalue weighted by atomic mass is 9.84. The van der Waals surface area contributed by atoms with Gasteiger partial charge in [0.2, 0.25) is 0 Å². The molecule has 3 atom stereocenters. The number of ether oxygens (including phenoxy) is 1. The molecule has 0 radical (unpaired) electrons. The van der Waals surface area contributed by atoms with Gasteiger partial charge in [0, 0.05) is 6.04 Å². The molecule has 1 aliphatic carbocycles. The molecule has 0 bridgehead atoms. The van der Waals surface area contributed by atoms with Crippen LogP contribution in [0.1, 0.15) is 43.0 Å². The molecule has 0 spiro atoms. The summed E-state index contributed by atoms with van der Waals surface area (Å²) in [6.07, 6.45) is 3.68. The second kappa shape index (κ2) is 6.58. The molecule has 124 valence electrons. The molecule has 6 heteroatoms. The SMILES string of the molecule is CC1Oc2c(cccc2C(=O)NC2CCCCC2CN)NC1=O. The van der Waals surface area contributed by atoms with E-state index >= 15 is 0 Å². The third-order valence-corrected chi connectivity index (χ3v) is 4.71. The van der Waals surface area contributed by atoms with Crippen molar-refractivity contribution in [3.05, 3.63) is 23.8 Å². The number of amides is 2. The first-order chi connectivity index (χ1) is 11.1. The zero-order chi connectivity index (χ0) is 16.4. The Hall–Kier alpha value is -2.08. The maximum atomic E-state index is 12.7. The minimum absolute atomic E-state index is 0.104. The molecule has 6 nitrogen and oxygen atoms in total. The summed E-state index contributed by atoms with van der Waals surface area (Å²) in [7, 11) is 0. The number of nitrogens with two attached hydrogens (primary N) is 1. The van der Waals surface area contributed by atoms with Crippen molar-refractivity contribution in [1.29, 1.82) is 0 Å². The number of anilines is 1. The topological polar surface area (TPSA) is 93.4 Å². The Morgan fingerprint density at radius 1 is 1.39 bits per heavy atom. The zero-order valence-corrected chi connectivity index (χ0v) is 13.3. The van der Waals surface area contributed by atoms with E-state index in [1.165, 1.54) is 6.42 Å². The number of nitrogens with one attached hydrogen (secondary N) is 2. The molecule has 1 aliphatic heterocycles. The summed E-state index contributed by atoms with van der Waals surface area (Å²) >= 11 is 0. The van der Waals surface area contributed by atoms with Crippen LogP contribution in [0.15, 0.2) is 18.2 Å². The Morgan fingerprint density at radius 2 is 2.17 bits per heavy atom. The van der Waals surface area contributed by atoms with E-state index in [9.17, 15) is 9.59 Å². The first kappa shape index (κ1) is 15.8. The van der Waals surface area contributed by atoms with Crippen LogP contribution in [-0.4, -0.2) is 30.5 Å². The number of para-hydroxylation sites is 1. The van der Waals surface area contributed by atoms with Gasteiger partial charge >= 0.3 is 0 Å². The van der Waals surface area contributed by atoms with Gasteiger partial charge in [0.05, 0.1) is 11.3 Å². The molecule has 0 aromatic heterocycles. The number of hydrogen-bond donors (Lipinski definition) is 3. The van der Waals surface area contributed by atoms with E-state index in [0.29, 0.717) is 29.5 Å². The van der Waals surface area contributed by atoms with Crippen LogP contribution in [0.2, 0.25) is 0 Å². The van der Waals surface area contributed by atoms with Crippen molar-refractivity contribution in [2.24, 2.45) is 11.7 Å². The van der Waals surface area contributed by atoms with Crippen LogP contribution in [0.25, 0.3) is 0 Å². The third kappa shape index (κ3) is 3.17. The number of carbonyl (C=O) groups excluding carboxylic acids is 2. The van der Waals surface area contributed by atoms with Crippen LogP contribution in [0.4, 0.5) is 5.69 Å². The van der Waals surface area contributed by atoms with E-state index in [1.807, 2.05) is 0 Å². The zero-order valence-electron chi connectivity index (χ0n) is 13.3. The molecular weight excluding hydrogens is 294 g/mol. The van der Waals surface area contributed by atoms with Gasteiger partial charge in [0.25, 0.3) is 11.8 Å². The van der Waals surface area contributed by atoms with E-state index in [0.717, 1.165) is 19.3 Å². The normalized spacial score (nSPS) is 26.7. The Labute approximate surface area is 135 Å². The quantitative estimate of drug-likeness (QED) is 0.790. The summed E-state index contributed by atoms with van der Waals surface area (Å²) in [5, 5.41) is 5.87. The fraction of sp³-hybridized carbons (Fsp3) is 0.529. The molecule has 4 N–H and O–H groups in total. The van der Waals surface area contributed by atoms with E-state index in [4.69, 9.17) is 10.5 Å². The minimum Gasteiger partial charge on any atom is -0.478 e. The smallest absolute Gasteiger partial charge is 0.265 e. The Balaban J connectivity index is 1.80. The van der Waals surface area contributed by atoms with Crippen molar-refractivity contribution in [2.45, 2.75) is 44.8 Å². The molecule has 1 aromatic carbocycles. The van der Waals surface area contributed by atoms with E-state index in [-0.39, 0.29) is 17.9 Å². The number of fused-ring (bicyclic) bond motifs is 1. The van der Waals surface area contributed by atoms with E-state index in [1.54, 1.807) is 25.1 Å². The standard InChI is InChI=1S/C17H23N3O3/c1-10-16(21)20-14-8-4-6-12(15(14)23-10)17(22)19-13-7-3-2-5-11(13)9-18/h4,6,8,10-11,13H,2-3,5,7,9,18H2,1H3,(H,19,22)(H,20,21). The summed E-state index contributed by atoms with van der Waals surface area (Å²) < 4.78 is 5.64. The van der Waals surface area contributed by atoms with Gasteiger partial charge in [-0.15, -0.1) is 0 Å². The lowest BCUT2D eigenvalue weighted by molar-refractivity contribution is -0.122. The molecular formula is C17H23N3O3. The van der Waals surface area contributed by atoms with Crippen LogP contribution in [0.3, 0.4) is 0 Å². The van der Waals surface area contributed by atoms with Gasteiger partial charge in [-0.25, -0.2) is 0 Å². The molecule has 1 fully saturated rings. The highest BCUT2D eigenvalue weighted by Crippen LogP contribution is 2.33. The molecule has 3 unspecified atom stereocenters.